The van der Waals surface area contributed by atoms with Gasteiger partial charge in [-0.2, -0.15) is 0 Å². The summed E-state index contributed by atoms with van der Waals surface area (Å²) in [5.41, 5.74) is 0.0724. The number of phenolic OH excluding ortho intramolecular Hbond substituents is 1. The quantitative estimate of drug-likeness (QED) is 0.0996. The zero-order chi connectivity index (χ0) is 30.7. The number of hydrogen-bond donors (Lipinski definition) is 2. The number of para-hydroxylation sites is 2. The summed E-state index contributed by atoms with van der Waals surface area (Å²) in [4.78, 5) is 22.1. The van der Waals surface area contributed by atoms with Gasteiger partial charge < -0.3 is 20.1 Å². The fourth-order valence-corrected chi connectivity index (χ4v) is 4.89. The molecule has 6 nitrogen and oxygen atoms in total. The zero-order valence-corrected chi connectivity index (χ0v) is 26.0. The molecule has 0 fully saturated rings. The number of carbonyl (C=O) groups excluding carboxylic acids is 1. The van der Waals surface area contributed by atoms with Gasteiger partial charge in [-0.1, -0.05) is 165 Å². The van der Waals surface area contributed by atoms with E-state index >= 15 is 0 Å². The van der Waals surface area contributed by atoms with Crippen molar-refractivity contribution in [2.24, 2.45) is 0 Å². The third kappa shape index (κ3) is 19.2. The van der Waals surface area contributed by atoms with Crippen LogP contribution in [-0.2, 0) is 4.74 Å². The molecule has 0 atom stereocenters. The summed E-state index contributed by atoms with van der Waals surface area (Å²) in [6.45, 7) is 2.72. The fourth-order valence-electron chi connectivity index (χ4n) is 4.89. The molecule has 0 aliphatic rings. The number of aromatic hydroxyl groups is 1. The molecule has 0 amide bonds. The second-order valence-electron chi connectivity index (χ2n) is 11.2. The molecule has 42 heavy (non-hydrogen) atoms. The maximum atomic E-state index is 11.9. The molecule has 0 saturated carbocycles. The molecule has 0 radical (unpaired) electrons. The van der Waals surface area contributed by atoms with Crippen LogP contribution < -0.4 is 5.11 Å². The molecule has 0 aliphatic heterocycles. The van der Waals surface area contributed by atoms with E-state index in [-0.39, 0.29) is 16.9 Å². The van der Waals surface area contributed by atoms with Crippen LogP contribution >= 0.6 is 0 Å². The van der Waals surface area contributed by atoms with Crippen LogP contribution in [0.25, 0.3) is 0 Å². The van der Waals surface area contributed by atoms with Crippen molar-refractivity contribution >= 4 is 11.9 Å². The van der Waals surface area contributed by atoms with Crippen LogP contribution in [0.4, 0.5) is 0 Å². The topological polar surface area (TPSA) is 107 Å². The van der Waals surface area contributed by atoms with Gasteiger partial charge in [-0.3, -0.25) is 0 Å². The van der Waals surface area contributed by atoms with Crippen molar-refractivity contribution in [2.75, 3.05) is 6.61 Å². The lowest BCUT2D eigenvalue weighted by molar-refractivity contribution is -0.268. The molecule has 0 aliphatic carbocycles. The van der Waals surface area contributed by atoms with Gasteiger partial charge in [0.25, 0.3) is 0 Å². The first-order chi connectivity index (χ1) is 20.5. The van der Waals surface area contributed by atoms with Crippen LogP contribution in [0.3, 0.4) is 0 Å². The second-order valence-corrected chi connectivity index (χ2v) is 11.2. The van der Waals surface area contributed by atoms with Gasteiger partial charge >= 0.3 is 11.9 Å². The molecule has 2 aromatic rings. The van der Waals surface area contributed by atoms with E-state index in [0.717, 1.165) is 12.8 Å². The second kappa shape index (κ2) is 25.7. The molecule has 0 saturated heterocycles. The maximum absolute atomic E-state index is 11.9. The minimum absolute atomic E-state index is 0.0130. The van der Waals surface area contributed by atoms with Crippen LogP contribution in [-0.4, -0.2) is 28.8 Å². The van der Waals surface area contributed by atoms with Crippen LogP contribution in [0.2, 0.25) is 0 Å². The van der Waals surface area contributed by atoms with Gasteiger partial charge in [0.15, 0.2) is 0 Å². The molecule has 2 N–H and O–H groups in total. The Bertz CT molecular complexity index is 957. The molecule has 2 aromatic carbocycles. The summed E-state index contributed by atoms with van der Waals surface area (Å²) in [6.07, 6.45) is 27.2. The molecular formula is C36H55O6-. The Morgan fingerprint density at radius 1 is 0.595 bits per heavy atom. The number of hydrogen-bond acceptors (Lipinski definition) is 5. The van der Waals surface area contributed by atoms with E-state index in [0.29, 0.717) is 6.61 Å². The molecule has 0 heterocycles. The molecule has 236 valence electrons. The molecule has 6 heteroatoms. The summed E-state index contributed by atoms with van der Waals surface area (Å²) in [6, 6.07) is 12.1. The predicted molar refractivity (Wildman–Crippen MR) is 169 cm³/mol. The van der Waals surface area contributed by atoms with Crippen molar-refractivity contribution in [2.45, 2.75) is 135 Å². The average Bonchev–Trinajstić information content (AvgIpc) is 2.98. The Labute approximate surface area is 254 Å². The molecular weight excluding hydrogens is 528 g/mol. The van der Waals surface area contributed by atoms with Crippen molar-refractivity contribution in [1.29, 1.82) is 0 Å². The Balaban J connectivity index is 0.000000738. The first-order valence-electron chi connectivity index (χ1n) is 16.4. The maximum Gasteiger partial charge on any atom is 0.341 e. The van der Waals surface area contributed by atoms with Gasteiger partial charge in [-0.05, 0) is 24.6 Å². The lowest BCUT2D eigenvalue weighted by atomic mass is 10.0. The molecule has 0 spiro atoms. The highest BCUT2D eigenvalue weighted by molar-refractivity contribution is 5.92. The van der Waals surface area contributed by atoms with Crippen LogP contribution in [0.1, 0.15) is 156 Å². The normalized spacial score (nSPS) is 10.6. The number of carboxylic acid groups (broad SMARTS) is 1. The third-order valence-electron chi connectivity index (χ3n) is 7.47. The SMILES string of the molecule is CCCCCCCCCCCCCCCCCCCCCCOC(=O)c1ccccc1O.O=C(O)c1ccccc1[O-]. The van der Waals surface area contributed by atoms with E-state index in [9.17, 15) is 19.8 Å². The van der Waals surface area contributed by atoms with Gasteiger partial charge in [-0.25, -0.2) is 9.59 Å². The van der Waals surface area contributed by atoms with Crippen molar-refractivity contribution in [3.8, 4) is 11.5 Å². The van der Waals surface area contributed by atoms with E-state index in [1.165, 1.54) is 146 Å². The number of benzene rings is 2. The van der Waals surface area contributed by atoms with Crippen LogP contribution in [0.15, 0.2) is 48.5 Å². The predicted octanol–water partition coefficient (Wildman–Crippen LogP) is 9.83. The van der Waals surface area contributed by atoms with E-state index in [4.69, 9.17) is 9.84 Å². The van der Waals surface area contributed by atoms with Crippen LogP contribution in [0.5, 0.6) is 11.5 Å². The van der Waals surface area contributed by atoms with Crippen molar-refractivity contribution < 1.29 is 29.6 Å². The average molecular weight is 584 g/mol. The zero-order valence-electron chi connectivity index (χ0n) is 26.0. The van der Waals surface area contributed by atoms with Gasteiger partial charge in [0.1, 0.15) is 11.3 Å². The number of rotatable bonds is 23. The fraction of sp³-hybridized carbons (Fsp3) is 0.611. The monoisotopic (exact) mass is 583 g/mol. The lowest BCUT2D eigenvalue weighted by Gasteiger charge is -2.07. The minimum Gasteiger partial charge on any atom is -0.872 e. The number of phenols is 1. The Hall–Kier alpha value is -3.02. The number of esters is 1. The van der Waals surface area contributed by atoms with Gasteiger partial charge in [0.2, 0.25) is 0 Å². The Kier molecular flexibility index (Phi) is 22.6. The number of carbonyl (C=O) groups is 2. The van der Waals surface area contributed by atoms with Crippen molar-refractivity contribution in [3.05, 3.63) is 59.7 Å². The first kappa shape index (κ1) is 37.0. The van der Waals surface area contributed by atoms with Crippen LogP contribution in [0, 0.1) is 0 Å². The number of unbranched alkanes of at least 4 members (excludes halogenated alkanes) is 19. The van der Waals surface area contributed by atoms with Crippen molar-refractivity contribution in [1.82, 2.24) is 0 Å². The summed E-state index contributed by atoms with van der Waals surface area (Å²) in [5.74, 6) is -2.07. The van der Waals surface area contributed by atoms with E-state index in [1.54, 1.807) is 18.2 Å². The van der Waals surface area contributed by atoms with E-state index < -0.39 is 17.7 Å². The number of carboxylic acids is 1. The summed E-state index contributed by atoms with van der Waals surface area (Å²) in [7, 11) is 0. The summed E-state index contributed by atoms with van der Waals surface area (Å²) in [5, 5.41) is 28.7. The van der Waals surface area contributed by atoms with Crippen molar-refractivity contribution in [3.63, 3.8) is 0 Å². The number of ether oxygens (including phenoxy) is 1. The molecule has 2 rings (SSSR count). The summed E-state index contributed by atoms with van der Waals surface area (Å²) >= 11 is 0. The first-order valence-corrected chi connectivity index (χ1v) is 16.4. The van der Waals surface area contributed by atoms with Gasteiger partial charge in [0.05, 0.1) is 12.2 Å². The summed E-state index contributed by atoms with van der Waals surface area (Å²) < 4.78 is 5.25. The van der Waals surface area contributed by atoms with E-state index in [2.05, 4.69) is 6.92 Å². The molecule has 0 bridgehead atoms. The highest BCUT2D eigenvalue weighted by atomic mass is 16.5. The lowest BCUT2D eigenvalue weighted by Crippen LogP contribution is -2.06. The highest BCUT2D eigenvalue weighted by Crippen LogP contribution is 2.18. The minimum atomic E-state index is -1.18. The standard InChI is InChI=1S/C29H50O3.C7H6O3/c1-2-3-4-5-6-7-8-9-10-11-12-13-14-15-16-17-18-19-20-23-26-32-29(31)27-24-21-22-25-28(27)30;8-6-4-2-1-3-5(6)7(9)10/h21-22,24-25,30H,2-20,23,26H2,1H3;1-4,8H,(H,9,10)/p-1. The Morgan fingerprint density at radius 2 is 0.976 bits per heavy atom. The highest BCUT2D eigenvalue weighted by Gasteiger charge is 2.11. The van der Waals surface area contributed by atoms with E-state index in [1.807, 2.05) is 0 Å². The smallest absolute Gasteiger partial charge is 0.341 e. The molecule has 0 unspecified atom stereocenters. The van der Waals surface area contributed by atoms with Gasteiger partial charge in [-0.15, -0.1) is 0 Å². The largest absolute Gasteiger partial charge is 0.872 e. The van der Waals surface area contributed by atoms with Gasteiger partial charge in [0, 0.05) is 0 Å². The number of aromatic carboxylic acids is 1. The third-order valence-corrected chi connectivity index (χ3v) is 7.47. The molecule has 0 aromatic heterocycles. The Morgan fingerprint density at radius 3 is 1.36 bits per heavy atom.